The average molecular weight is 705 g/mol. The minimum atomic E-state index is -1.39. The van der Waals surface area contributed by atoms with Gasteiger partial charge >= 0.3 is 17.9 Å². The van der Waals surface area contributed by atoms with Crippen molar-refractivity contribution in [2.45, 2.75) is 49.9 Å². The van der Waals surface area contributed by atoms with Crippen molar-refractivity contribution in [1.29, 1.82) is 5.41 Å². The topological polar surface area (TPSA) is 276 Å². The van der Waals surface area contributed by atoms with Crippen LogP contribution >= 0.6 is 23.3 Å². The fourth-order valence-corrected chi connectivity index (χ4v) is 7.71. The Morgan fingerprint density at radius 2 is 2.02 bits per heavy atom. The Balaban J connectivity index is 1.11. The number of likely N-dealkylation sites (tertiary alicyclic amines) is 2. The number of anilines is 1. The van der Waals surface area contributed by atoms with E-state index in [1.165, 1.54) is 29.7 Å². The van der Waals surface area contributed by atoms with E-state index in [1.807, 2.05) is 0 Å². The maximum absolute atomic E-state index is 13.5. The molecule has 0 aliphatic carbocycles. The predicted molar refractivity (Wildman–Crippen MR) is 163 cm³/mol. The van der Waals surface area contributed by atoms with Crippen LogP contribution in [0.15, 0.2) is 36.5 Å². The second kappa shape index (κ2) is 12.9. The molecule has 6 heterocycles. The molecule has 21 heteroatoms. The number of fused-ring (bicyclic) bond motifs is 1. The third kappa shape index (κ3) is 5.94. The third-order valence-electron chi connectivity index (χ3n) is 8.33. The van der Waals surface area contributed by atoms with Gasteiger partial charge in [0.05, 0.1) is 18.7 Å². The number of nitrogens with zero attached hydrogens (tertiary/aromatic N) is 5. The lowest BCUT2D eigenvalue weighted by Gasteiger charge is -2.49. The van der Waals surface area contributed by atoms with E-state index in [2.05, 4.69) is 14.7 Å². The van der Waals surface area contributed by atoms with E-state index in [0.717, 1.165) is 16.4 Å². The lowest BCUT2D eigenvalue weighted by Crippen LogP contribution is -2.71. The molecule has 4 amide bonds. The zero-order chi connectivity index (χ0) is 34.4. The number of nitrogens with one attached hydrogen (secondary N) is 2. The van der Waals surface area contributed by atoms with Crippen LogP contribution in [-0.2, 0) is 30.5 Å². The number of carbonyl (C=O) groups is 5. The fourth-order valence-electron chi connectivity index (χ4n) is 5.96. The van der Waals surface area contributed by atoms with Crippen molar-refractivity contribution in [3.05, 3.63) is 50.9 Å². The number of aliphatic carboxylic acids is 1. The minimum absolute atomic E-state index is 0.0484. The molecule has 254 valence electrons. The summed E-state index contributed by atoms with van der Waals surface area (Å²) in [7, 11) is 0. The Morgan fingerprint density at radius 3 is 2.67 bits per heavy atom. The van der Waals surface area contributed by atoms with Crippen molar-refractivity contribution in [2.24, 2.45) is 0 Å². The molecule has 6 N–H and O–H groups in total. The number of nitrogen functional groups attached to an aromatic ring is 1. The predicted octanol–water partition coefficient (Wildman–Crippen LogP) is -0.988. The second-order valence-electron chi connectivity index (χ2n) is 11.2. The van der Waals surface area contributed by atoms with Gasteiger partial charge in [0.25, 0.3) is 11.8 Å². The molecule has 3 saturated heterocycles. The number of aliphatic hydroxyl groups is 1. The van der Waals surface area contributed by atoms with Gasteiger partial charge in [-0.05, 0) is 31.4 Å². The number of hydrogen-bond donors (Lipinski definition) is 5. The summed E-state index contributed by atoms with van der Waals surface area (Å²) in [5, 5.41) is 29.7. The molecule has 0 bridgehead atoms. The maximum Gasteiger partial charge on any atom is 0.519 e. The van der Waals surface area contributed by atoms with E-state index in [1.54, 1.807) is 4.90 Å². The van der Waals surface area contributed by atoms with Crippen molar-refractivity contribution in [3.63, 3.8) is 0 Å². The van der Waals surface area contributed by atoms with Crippen LogP contribution in [0.25, 0.3) is 0 Å². The van der Waals surface area contributed by atoms with Gasteiger partial charge in [0.2, 0.25) is 5.91 Å². The summed E-state index contributed by atoms with van der Waals surface area (Å²) in [6.07, 6.45) is 1.23. The molecule has 19 nitrogen and oxygen atoms in total. The number of carboxylic acid groups (broad SMARTS) is 1. The number of rotatable bonds is 9. The van der Waals surface area contributed by atoms with Gasteiger partial charge in [-0.25, -0.2) is 14.4 Å². The second-order valence-corrected chi connectivity index (χ2v) is 13.0. The van der Waals surface area contributed by atoms with Gasteiger partial charge in [0.1, 0.15) is 17.1 Å². The van der Waals surface area contributed by atoms with Gasteiger partial charge in [0, 0.05) is 35.9 Å². The number of aryl methyl sites for hydroxylation is 1. The monoisotopic (exact) mass is 704 g/mol. The molecule has 6 rings (SSSR count). The van der Waals surface area contributed by atoms with Gasteiger partial charge in [-0.3, -0.25) is 24.7 Å². The SMILES string of the molecule is Cc1oc(=O)oc1COC(=O)N1C[C@H](N2CC/C(=C\C3=C(C(=O)O)N4C(=O)[C@@H](NC(=O)C(=N)c5nsc(N)n5)[C@H]4SC3)C2=O)C[C@H]1CO. The van der Waals surface area contributed by atoms with Crippen LogP contribution in [0.2, 0.25) is 0 Å². The molecule has 0 unspecified atom stereocenters. The van der Waals surface area contributed by atoms with E-state index < -0.39 is 58.9 Å². The highest BCUT2D eigenvalue weighted by atomic mass is 32.2. The highest BCUT2D eigenvalue weighted by Gasteiger charge is 2.54. The zero-order valence-electron chi connectivity index (χ0n) is 25.0. The summed E-state index contributed by atoms with van der Waals surface area (Å²) in [4.78, 5) is 83.3. The molecule has 48 heavy (non-hydrogen) atoms. The molecule has 0 aromatic carbocycles. The van der Waals surface area contributed by atoms with Crippen molar-refractivity contribution in [1.82, 2.24) is 29.4 Å². The van der Waals surface area contributed by atoms with Crippen LogP contribution in [0, 0.1) is 12.3 Å². The summed E-state index contributed by atoms with van der Waals surface area (Å²) in [6, 6.07) is -2.19. The molecular formula is C27H28N8O11S2. The smallest absolute Gasteiger partial charge is 0.477 e. The summed E-state index contributed by atoms with van der Waals surface area (Å²) < 4.78 is 18.7. The highest BCUT2D eigenvalue weighted by Crippen LogP contribution is 2.41. The number of ether oxygens (including phenoxy) is 1. The first-order valence-corrected chi connectivity index (χ1v) is 16.2. The quantitative estimate of drug-likeness (QED) is 0.119. The van der Waals surface area contributed by atoms with E-state index >= 15 is 0 Å². The Bertz CT molecular complexity index is 1850. The number of carboxylic acids is 1. The first kappa shape index (κ1) is 32.9. The number of allylic oxidation sites excluding steroid dienone is 1. The number of β-lactam (4-membered cyclic amide) rings is 1. The van der Waals surface area contributed by atoms with E-state index in [0.29, 0.717) is 5.57 Å². The van der Waals surface area contributed by atoms with Gasteiger partial charge in [-0.2, -0.15) is 9.36 Å². The molecule has 0 saturated carbocycles. The first-order valence-electron chi connectivity index (χ1n) is 14.4. The van der Waals surface area contributed by atoms with Crippen molar-refractivity contribution >= 4 is 63.9 Å². The summed E-state index contributed by atoms with van der Waals surface area (Å²) >= 11 is 2.00. The summed E-state index contributed by atoms with van der Waals surface area (Å²) in [5.74, 6) is -4.16. The molecule has 2 aromatic heterocycles. The number of hydrogen-bond acceptors (Lipinski definition) is 16. The molecule has 0 spiro atoms. The molecule has 0 radical (unpaired) electrons. The van der Waals surface area contributed by atoms with E-state index in [-0.39, 0.29) is 84.6 Å². The average Bonchev–Trinajstić information content (AvgIpc) is 3.84. The fraction of sp³-hybridized carbons (Fsp3) is 0.444. The van der Waals surface area contributed by atoms with Gasteiger partial charge in [-0.15, -0.1) is 11.8 Å². The molecular weight excluding hydrogens is 676 g/mol. The third-order valence-corrected chi connectivity index (χ3v) is 10.2. The number of aliphatic hydroxyl groups excluding tert-OH is 1. The molecule has 4 aliphatic heterocycles. The standard InChI is InChI=1S/C27H28N8O11S2/c1-10-15(46-27(43)45-10)8-44-26(42)34-6-13(5-14(34)7-36)33-3-2-11(21(33)38)4-12-9-47-23-17(22(39)35(23)18(12)24(40)41)30-20(37)16(28)19-31-25(29)48-32-19/h4,13-14,17,23,28,36H,2-3,5-9H2,1H3,(H,30,37)(H,40,41)(H2,29,31,32)/b11-4+,28-16?/t13-,14+,17-,23-/m1/s1. The molecule has 2 aromatic rings. The molecule has 3 fully saturated rings. The Hall–Kier alpha value is -5.02. The summed E-state index contributed by atoms with van der Waals surface area (Å²) in [5.41, 5.74) is 5.17. The number of amides is 4. The highest BCUT2D eigenvalue weighted by molar-refractivity contribution is 8.00. The number of nitrogens with two attached hydrogens (primary N) is 1. The maximum atomic E-state index is 13.5. The molecule has 4 atom stereocenters. The van der Waals surface area contributed by atoms with E-state index in [9.17, 15) is 39.0 Å². The molecule has 4 aliphatic rings. The van der Waals surface area contributed by atoms with Crippen LogP contribution in [0.1, 0.15) is 30.2 Å². The van der Waals surface area contributed by atoms with Gasteiger partial charge < -0.3 is 44.6 Å². The normalized spacial score (nSPS) is 24.6. The van der Waals surface area contributed by atoms with Crippen molar-refractivity contribution in [2.75, 3.05) is 31.2 Å². The number of aromatic nitrogens is 2. The summed E-state index contributed by atoms with van der Waals surface area (Å²) in [6.45, 7) is 1.08. The zero-order valence-corrected chi connectivity index (χ0v) is 26.7. The van der Waals surface area contributed by atoms with Crippen LogP contribution in [0.5, 0.6) is 0 Å². The lowest BCUT2D eigenvalue weighted by atomic mass is 10.0. The minimum Gasteiger partial charge on any atom is -0.477 e. The largest absolute Gasteiger partial charge is 0.519 e. The number of thioether (sulfide) groups is 1. The number of carbonyl (C=O) groups excluding carboxylic acids is 4. The van der Waals surface area contributed by atoms with Crippen LogP contribution in [0.3, 0.4) is 0 Å². The van der Waals surface area contributed by atoms with Crippen LogP contribution < -0.4 is 16.9 Å². The van der Waals surface area contributed by atoms with E-state index in [4.69, 9.17) is 24.7 Å². The lowest BCUT2D eigenvalue weighted by molar-refractivity contribution is -0.150. The Labute approximate surface area is 278 Å². The van der Waals surface area contributed by atoms with Crippen molar-refractivity contribution < 1.29 is 47.8 Å². The van der Waals surface area contributed by atoms with Crippen molar-refractivity contribution in [3.8, 4) is 0 Å². The first-order chi connectivity index (χ1) is 22.9. The van der Waals surface area contributed by atoms with Crippen LogP contribution in [-0.4, -0.2) is 119 Å². The van der Waals surface area contributed by atoms with Crippen LogP contribution in [0.4, 0.5) is 9.93 Å². The Kier molecular flexibility index (Phi) is 8.83. The van der Waals surface area contributed by atoms with Gasteiger partial charge in [0.15, 0.2) is 34.8 Å². The Morgan fingerprint density at radius 1 is 1.25 bits per heavy atom. The van der Waals surface area contributed by atoms with Gasteiger partial charge in [-0.1, -0.05) is 0 Å².